The molecule has 0 aromatic heterocycles. The summed E-state index contributed by atoms with van der Waals surface area (Å²) in [5.74, 6) is 1.38. The molecule has 2 aliphatic rings. The minimum atomic E-state index is -0.467. The van der Waals surface area contributed by atoms with Crippen LogP contribution in [0.2, 0.25) is 0 Å². The van der Waals surface area contributed by atoms with Crippen LogP contribution in [-0.4, -0.2) is 47.3 Å². The summed E-state index contributed by atoms with van der Waals surface area (Å²) in [6, 6.07) is 14.8. The Morgan fingerprint density at radius 3 is 2.65 bits per heavy atom. The molecule has 2 aromatic rings. The molecule has 2 aliphatic heterocycles. The summed E-state index contributed by atoms with van der Waals surface area (Å²) in [4.78, 5) is 16.4. The SMILES string of the molecule is COc1cc(C=C2C(=N)N3N=C(C)SC3=NC2=O)ccc1OCCOc1ccccc1. The summed E-state index contributed by atoms with van der Waals surface area (Å²) in [6.45, 7) is 2.54. The molecule has 0 unspecified atom stereocenters. The molecule has 1 N–H and O–H groups in total. The number of carbonyl (C=O) groups is 1. The van der Waals surface area contributed by atoms with Crippen molar-refractivity contribution < 1.29 is 19.0 Å². The first-order valence-electron chi connectivity index (χ1n) is 9.50. The lowest BCUT2D eigenvalue weighted by Crippen LogP contribution is -2.35. The zero-order valence-corrected chi connectivity index (χ0v) is 17.8. The predicted octanol–water partition coefficient (Wildman–Crippen LogP) is 3.79. The second-order valence-electron chi connectivity index (χ2n) is 6.56. The fraction of sp³-hybridized carbons (Fsp3) is 0.182. The van der Waals surface area contributed by atoms with E-state index in [0.717, 1.165) is 10.8 Å². The van der Waals surface area contributed by atoms with Gasteiger partial charge in [0.2, 0.25) is 5.17 Å². The molecule has 0 saturated carbocycles. The Bertz CT molecular complexity index is 1110. The van der Waals surface area contributed by atoms with Gasteiger partial charge in [-0.25, -0.2) is 0 Å². The molecular formula is C22H20N4O4S. The molecule has 8 nitrogen and oxygen atoms in total. The number of fused-ring (bicyclic) bond motifs is 1. The van der Waals surface area contributed by atoms with Crippen LogP contribution < -0.4 is 14.2 Å². The van der Waals surface area contributed by atoms with Crippen LogP contribution in [0.1, 0.15) is 12.5 Å². The molecular weight excluding hydrogens is 416 g/mol. The zero-order chi connectivity index (χ0) is 21.8. The van der Waals surface area contributed by atoms with E-state index < -0.39 is 5.91 Å². The van der Waals surface area contributed by atoms with Gasteiger partial charge in [-0.3, -0.25) is 10.2 Å². The fourth-order valence-electron chi connectivity index (χ4n) is 2.98. The van der Waals surface area contributed by atoms with Crippen molar-refractivity contribution in [3.05, 3.63) is 59.7 Å². The summed E-state index contributed by atoms with van der Waals surface area (Å²) in [6.07, 6.45) is 1.60. The lowest BCUT2D eigenvalue weighted by atomic mass is 10.1. The number of hydrazone groups is 1. The van der Waals surface area contributed by atoms with E-state index in [1.807, 2.05) is 30.3 Å². The summed E-state index contributed by atoms with van der Waals surface area (Å²) in [5, 5.41) is 15.1. The molecule has 9 heteroatoms. The Hall–Kier alpha value is -3.59. The van der Waals surface area contributed by atoms with Crippen molar-refractivity contribution in [3.63, 3.8) is 0 Å². The van der Waals surface area contributed by atoms with Crippen molar-refractivity contribution >= 4 is 39.8 Å². The number of nitrogens with zero attached hydrogens (tertiary/aromatic N) is 3. The lowest BCUT2D eigenvalue weighted by molar-refractivity contribution is -0.114. The third-order valence-electron chi connectivity index (χ3n) is 4.41. The molecule has 0 aliphatic carbocycles. The monoisotopic (exact) mass is 436 g/mol. The fourth-order valence-corrected chi connectivity index (χ4v) is 3.71. The molecule has 2 aromatic carbocycles. The van der Waals surface area contributed by atoms with Gasteiger partial charge in [-0.1, -0.05) is 24.3 Å². The van der Waals surface area contributed by atoms with E-state index in [4.69, 9.17) is 19.6 Å². The Labute approximate surface area is 183 Å². The molecule has 0 fully saturated rings. The number of methoxy groups -OCH3 is 1. The Balaban J connectivity index is 1.45. The number of hydrogen-bond donors (Lipinski definition) is 1. The van der Waals surface area contributed by atoms with Gasteiger partial charge in [0.25, 0.3) is 5.91 Å². The van der Waals surface area contributed by atoms with Gasteiger partial charge >= 0.3 is 0 Å². The Morgan fingerprint density at radius 2 is 1.87 bits per heavy atom. The number of ether oxygens (including phenoxy) is 3. The standard InChI is InChI=1S/C22H20N4O4S/c1-14-25-26-20(23)17(21(27)24-22(26)31-14)12-15-8-9-18(19(13-15)28-2)30-11-10-29-16-6-4-3-5-7-16/h3-9,12-13,23H,10-11H2,1-2H3. The first-order valence-corrected chi connectivity index (χ1v) is 10.3. The average molecular weight is 436 g/mol. The van der Waals surface area contributed by atoms with Crippen molar-refractivity contribution in [2.45, 2.75) is 6.92 Å². The first kappa shape index (κ1) is 20.7. The summed E-state index contributed by atoms with van der Waals surface area (Å²) in [5.41, 5.74) is 0.846. The number of amidine groups is 2. The number of aliphatic imine (C=N–C) groups is 1. The maximum atomic E-state index is 12.4. The van der Waals surface area contributed by atoms with E-state index >= 15 is 0 Å². The molecule has 1 amide bonds. The third kappa shape index (κ3) is 4.61. The van der Waals surface area contributed by atoms with Crippen LogP contribution in [-0.2, 0) is 4.79 Å². The quantitative estimate of drug-likeness (QED) is 0.524. The van der Waals surface area contributed by atoms with Crippen LogP contribution in [0.4, 0.5) is 0 Å². The van der Waals surface area contributed by atoms with E-state index in [1.165, 1.54) is 16.8 Å². The lowest BCUT2D eigenvalue weighted by Gasteiger charge is -2.20. The number of para-hydroxylation sites is 1. The number of benzene rings is 2. The van der Waals surface area contributed by atoms with Gasteiger partial charge in [-0.05, 0) is 54.6 Å². The molecule has 2 heterocycles. The van der Waals surface area contributed by atoms with Gasteiger partial charge in [0.05, 0.1) is 17.7 Å². The van der Waals surface area contributed by atoms with Gasteiger partial charge in [0.15, 0.2) is 17.3 Å². The number of carbonyl (C=O) groups excluding carboxylic acids is 1. The second-order valence-corrected chi connectivity index (χ2v) is 7.72. The molecule has 31 heavy (non-hydrogen) atoms. The van der Waals surface area contributed by atoms with Crippen molar-refractivity contribution in [1.82, 2.24) is 5.01 Å². The van der Waals surface area contributed by atoms with Gasteiger partial charge in [0, 0.05) is 0 Å². The number of rotatable bonds is 7. The topological polar surface area (TPSA) is 96.6 Å². The van der Waals surface area contributed by atoms with Gasteiger partial charge in [0.1, 0.15) is 19.0 Å². The van der Waals surface area contributed by atoms with E-state index in [2.05, 4.69) is 10.1 Å². The van der Waals surface area contributed by atoms with Crippen LogP contribution in [0, 0.1) is 5.41 Å². The Kier molecular flexibility index (Phi) is 6.03. The number of nitrogens with one attached hydrogen (secondary N) is 1. The van der Waals surface area contributed by atoms with E-state index in [9.17, 15) is 4.79 Å². The first-order chi connectivity index (χ1) is 15.0. The average Bonchev–Trinajstić information content (AvgIpc) is 3.15. The van der Waals surface area contributed by atoms with Crippen LogP contribution >= 0.6 is 11.8 Å². The van der Waals surface area contributed by atoms with Crippen LogP contribution in [0.3, 0.4) is 0 Å². The van der Waals surface area contributed by atoms with Crippen molar-refractivity contribution in [2.75, 3.05) is 20.3 Å². The summed E-state index contributed by atoms with van der Waals surface area (Å²) in [7, 11) is 1.54. The minimum absolute atomic E-state index is 0.00305. The molecule has 0 saturated heterocycles. The summed E-state index contributed by atoms with van der Waals surface area (Å²) < 4.78 is 16.8. The Morgan fingerprint density at radius 1 is 1.10 bits per heavy atom. The molecule has 0 bridgehead atoms. The third-order valence-corrected chi connectivity index (χ3v) is 5.23. The highest BCUT2D eigenvalue weighted by Gasteiger charge is 2.34. The molecule has 0 spiro atoms. The maximum absolute atomic E-state index is 12.4. The van der Waals surface area contributed by atoms with E-state index in [-0.39, 0.29) is 11.4 Å². The zero-order valence-electron chi connectivity index (χ0n) is 17.0. The number of thioether (sulfide) groups is 1. The van der Waals surface area contributed by atoms with Crippen LogP contribution in [0.25, 0.3) is 6.08 Å². The van der Waals surface area contributed by atoms with E-state index in [0.29, 0.717) is 35.4 Å². The molecule has 0 atom stereocenters. The minimum Gasteiger partial charge on any atom is -0.493 e. The molecule has 158 valence electrons. The highest BCUT2D eigenvalue weighted by atomic mass is 32.2. The van der Waals surface area contributed by atoms with Gasteiger partial charge in [-0.2, -0.15) is 15.1 Å². The highest BCUT2D eigenvalue weighted by Crippen LogP contribution is 2.31. The van der Waals surface area contributed by atoms with Crippen molar-refractivity contribution in [2.24, 2.45) is 10.1 Å². The van der Waals surface area contributed by atoms with Gasteiger partial charge in [-0.15, -0.1) is 0 Å². The smallest absolute Gasteiger partial charge is 0.283 e. The van der Waals surface area contributed by atoms with E-state index in [1.54, 1.807) is 38.3 Å². The number of hydrogen-bond acceptors (Lipinski definition) is 7. The predicted molar refractivity (Wildman–Crippen MR) is 121 cm³/mol. The second kappa shape index (κ2) is 9.05. The van der Waals surface area contributed by atoms with Crippen LogP contribution in [0.15, 0.2) is 64.2 Å². The molecule has 0 radical (unpaired) electrons. The largest absolute Gasteiger partial charge is 0.493 e. The van der Waals surface area contributed by atoms with Crippen molar-refractivity contribution in [1.29, 1.82) is 5.41 Å². The highest BCUT2D eigenvalue weighted by molar-refractivity contribution is 8.26. The maximum Gasteiger partial charge on any atom is 0.283 e. The normalized spacial score (nSPS) is 16.7. The number of amides is 1. The van der Waals surface area contributed by atoms with Gasteiger partial charge < -0.3 is 14.2 Å². The van der Waals surface area contributed by atoms with Crippen LogP contribution in [0.5, 0.6) is 17.2 Å². The van der Waals surface area contributed by atoms with Crippen molar-refractivity contribution in [3.8, 4) is 17.2 Å². The summed E-state index contributed by atoms with van der Waals surface area (Å²) >= 11 is 1.27. The molecule has 4 rings (SSSR count).